The molecule has 82 valence electrons. The molecule has 4 nitrogen and oxygen atoms in total. The van der Waals surface area contributed by atoms with Gasteiger partial charge in [-0.2, -0.15) is 5.26 Å². The number of hydrogen-bond acceptors (Lipinski definition) is 3. The number of carbonyl (C=O) groups is 1. The summed E-state index contributed by atoms with van der Waals surface area (Å²) in [7, 11) is 0. The lowest BCUT2D eigenvalue weighted by Crippen LogP contribution is -2.61. The van der Waals surface area contributed by atoms with E-state index in [1.54, 1.807) is 6.92 Å². The van der Waals surface area contributed by atoms with E-state index in [4.69, 9.17) is 5.26 Å². The monoisotopic (exact) mass is 207 g/mol. The van der Waals surface area contributed by atoms with Crippen LogP contribution in [0.15, 0.2) is 0 Å². The summed E-state index contributed by atoms with van der Waals surface area (Å²) in [5.74, 6) is 0.434. The number of hydrogen-bond donors (Lipinski definition) is 0. The second-order valence-electron chi connectivity index (χ2n) is 4.52. The quantitative estimate of drug-likeness (QED) is 0.627. The van der Waals surface area contributed by atoms with Gasteiger partial charge in [0, 0.05) is 32.0 Å². The lowest BCUT2D eigenvalue weighted by molar-refractivity contribution is -0.136. The molecule has 2 aliphatic heterocycles. The largest absolute Gasteiger partial charge is 0.340 e. The number of nitrogens with zero attached hydrogens (tertiary/aromatic N) is 3. The average Bonchev–Trinajstić information content (AvgIpc) is 2.16. The first-order chi connectivity index (χ1) is 7.20. The van der Waals surface area contributed by atoms with E-state index in [9.17, 15) is 4.79 Å². The van der Waals surface area contributed by atoms with Crippen molar-refractivity contribution >= 4 is 5.91 Å². The molecule has 2 heterocycles. The van der Waals surface area contributed by atoms with Crippen molar-refractivity contribution in [3.8, 4) is 6.07 Å². The topological polar surface area (TPSA) is 47.3 Å². The first-order valence-corrected chi connectivity index (χ1v) is 5.60. The normalized spacial score (nSPS) is 24.7. The predicted octanol–water partition coefficient (Wildman–Crippen LogP) is 0.453. The zero-order valence-electron chi connectivity index (χ0n) is 9.15. The molecule has 4 heteroatoms. The number of carbonyl (C=O) groups excluding carboxylic acids is 1. The maximum absolute atomic E-state index is 11.0. The van der Waals surface area contributed by atoms with Crippen LogP contribution in [0.25, 0.3) is 0 Å². The van der Waals surface area contributed by atoms with E-state index in [1.165, 1.54) is 0 Å². The fourth-order valence-corrected chi connectivity index (χ4v) is 2.34. The summed E-state index contributed by atoms with van der Waals surface area (Å²) >= 11 is 0. The molecule has 1 amide bonds. The maximum Gasteiger partial charge on any atom is 0.219 e. The van der Waals surface area contributed by atoms with Gasteiger partial charge in [-0.3, -0.25) is 9.69 Å². The highest BCUT2D eigenvalue weighted by Crippen LogP contribution is 2.22. The van der Waals surface area contributed by atoms with Crippen molar-refractivity contribution in [2.75, 3.05) is 26.2 Å². The molecule has 2 rings (SSSR count). The zero-order chi connectivity index (χ0) is 10.8. The summed E-state index contributed by atoms with van der Waals surface area (Å²) in [5.41, 5.74) is 0. The molecule has 0 aromatic carbocycles. The Morgan fingerprint density at radius 1 is 1.33 bits per heavy atom. The number of rotatable bonds is 1. The standard InChI is InChI=1S/C11H17N3O/c1-9(15)14-7-11(8-14)13-4-2-10(6-12)3-5-13/h10-11H,2-5,7-8H2,1H3. The summed E-state index contributed by atoms with van der Waals surface area (Å²) in [6.45, 7) is 5.43. The van der Waals surface area contributed by atoms with E-state index in [0.717, 1.165) is 39.0 Å². The third-order valence-electron chi connectivity index (χ3n) is 3.54. The number of nitriles is 1. The molecule has 0 atom stereocenters. The van der Waals surface area contributed by atoms with Gasteiger partial charge in [-0.25, -0.2) is 0 Å². The van der Waals surface area contributed by atoms with Gasteiger partial charge in [0.1, 0.15) is 0 Å². The third kappa shape index (κ3) is 2.13. The second kappa shape index (κ2) is 4.19. The van der Waals surface area contributed by atoms with Crippen LogP contribution in [0.5, 0.6) is 0 Å². The van der Waals surface area contributed by atoms with Gasteiger partial charge in [-0.1, -0.05) is 0 Å². The second-order valence-corrected chi connectivity index (χ2v) is 4.52. The molecule has 0 spiro atoms. The highest BCUT2D eigenvalue weighted by atomic mass is 16.2. The molecule has 0 radical (unpaired) electrons. The van der Waals surface area contributed by atoms with Gasteiger partial charge in [0.15, 0.2) is 0 Å². The predicted molar refractivity (Wildman–Crippen MR) is 56.0 cm³/mol. The van der Waals surface area contributed by atoms with Crippen LogP contribution >= 0.6 is 0 Å². The van der Waals surface area contributed by atoms with Gasteiger partial charge >= 0.3 is 0 Å². The minimum absolute atomic E-state index is 0.179. The molecular weight excluding hydrogens is 190 g/mol. The van der Waals surface area contributed by atoms with E-state index < -0.39 is 0 Å². The molecule has 15 heavy (non-hydrogen) atoms. The van der Waals surface area contributed by atoms with Crippen LogP contribution in [0, 0.1) is 17.2 Å². The van der Waals surface area contributed by atoms with E-state index in [2.05, 4.69) is 11.0 Å². The van der Waals surface area contributed by atoms with Gasteiger partial charge in [-0.15, -0.1) is 0 Å². The van der Waals surface area contributed by atoms with Crippen LogP contribution < -0.4 is 0 Å². The Labute approximate surface area is 90.5 Å². The first-order valence-electron chi connectivity index (χ1n) is 5.60. The number of amides is 1. The van der Waals surface area contributed by atoms with E-state index >= 15 is 0 Å². The van der Waals surface area contributed by atoms with Crippen molar-refractivity contribution in [3.63, 3.8) is 0 Å². The molecule has 2 fully saturated rings. The van der Waals surface area contributed by atoms with Gasteiger partial charge in [0.25, 0.3) is 0 Å². The molecule has 0 aromatic rings. The Hall–Kier alpha value is -1.08. The van der Waals surface area contributed by atoms with Crippen molar-refractivity contribution in [2.45, 2.75) is 25.8 Å². The Morgan fingerprint density at radius 2 is 1.93 bits per heavy atom. The third-order valence-corrected chi connectivity index (χ3v) is 3.54. The van der Waals surface area contributed by atoms with Crippen LogP contribution in [0.4, 0.5) is 0 Å². The van der Waals surface area contributed by atoms with Crippen LogP contribution in [0.2, 0.25) is 0 Å². The fraction of sp³-hybridized carbons (Fsp3) is 0.818. The summed E-state index contributed by atoms with van der Waals surface area (Å²) in [6, 6.07) is 2.88. The van der Waals surface area contributed by atoms with Gasteiger partial charge < -0.3 is 4.90 Å². The Morgan fingerprint density at radius 3 is 2.40 bits per heavy atom. The molecule has 0 aliphatic carbocycles. The molecule has 0 saturated carbocycles. The van der Waals surface area contributed by atoms with E-state index in [1.807, 2.05) is 4.90 Å². The van der Waals surface area contributed by atoms with Crippen molar-refractivity contribution in [3.05, 3.63) is 0 Å². The molecule has 0 aromatic heterocycles. The van der Waals surface area contributed by atoms with Crippen LogP contribution in [0.3, 0.4) is 0 Å². The van der Waals surface area contributed by atoms with Crippen LogP contribution in [-0.4, -0.2) is 47.9 Å². The molecule has 2 saturated heterocycles. The minimum atomic E-state index is 0.179. The first kappa shape index (κ1) is 10.4. The van der Waals surface area contributed by atoms with Gasteiger partial charge in [0.2, 0.25) is 5.91 Å². The molecule has 0 N–H and O–H groups in total. The summed E-state index contributed by atoms with van der Waals surface area (Å²) in [4.78, 5) is 15.3. The molecule has 2 aliphatic rings. The fourth-order valence-electron chi connectivity index (χ4n) is 2.34. The summed E-state index contributed by atoms with van der Waals surface area (Å²) in [5, 5.41) is 8.78. The highest BCUT2D eigenvalue weighted by Gasteiger charge is 2.34. The Balaban J connectivity index is 1.75. The highest BCUT2D eigenvalue weighted by molar-refractivity contribution is 5.74. The van der Waals surface area contributed by atoms with Crippen LogP contribution in [0.1, 0.15) is 19.8 Å². The van der Waals surface area contributed by atoms with Crippen molar-refractivity contribution in [1.82, 2.24) is 9.80 Å². The molecular formula is C11H17N3O. The SMILES string of the molecule is CC(=O)N1CC(N2CCC(C#N)CC2)C1. The van der Waals surface area contributed by atoms with Gasteiger partial charge in [0.05, 0.1) is 6.07 Å². The molecule has 0 unspecified atom stereocenters. The number of piperidine rings is 1. The van der Waals surface area contributed by atoms with E-state index in [-0.39, 0.29) is 11.8 Å². The van der Waals surface area contributed by atoms with Crippen molar-refractivity contribution in [1.29, 1.82) is 5.26 Å². The zero-order valence-corrected chi connectivity index (χ0v) is 9.15. The van der Waals surface area contributed by atoms with Crippen molar-refractivity contribution in [2.24, 2.45) is 5.92 Å². The lowest BCUT2D eigenvalue weighted by Gasteiger charge is -2.46. The smallest absolute Gasteiger partial charge is 0.219 e. The Bertz CT molecular complexity index is 283. The van der Waals surface area contributed by atoms with Crippen molar-refractivity contribution < 1.29 is 4.79 Å². The maximum atomic E-state index is 11.0. The lowest BCUT2D eigenvalue weighted by atomic mass is 9.95. The minimum Gasteiger partial charge on any atom is -0.340 e. The van der Waals surface area contributed by atoms with Gasteiger partial charge in [-0.05, 0) is 25.9 Å². The molecule has 0 bridgehead atoms. The summed E-state index contributed by atoms with van der Waals surface area (Å²) in [6.07, 6.45) is 1.99. The average molecular weight is 207 g/mol. The summed E-state index contributed by atoms with van der Waals surface area (Å²) < 4.78 is 0. The Kier molecular flexibility index (Phi) is 2.92. The van der Waals surface area contributed by atoms with Crippen LogP contribution in [-0.2, 0) is 4.79 Å². The van der Waals surface area contributed by atoms with E-state index in [0.29, 0.717) is 6.04 Å². The number of likely N-dealkylation sites (tertiary alicyclic amines) is 2.